The van der Waals surface area contributed by atoms with Gasteiger partial charge in [-0.2, -0.15) is 0 Å². The highest BCUT2D eigenvalue weighted by atomic mass is 32.2. The molecular formula is C25H21N9O10S2. The minimum absolute atomic E-state index is 0.0410. The van der Waals surface area contributed by atoms with E-state index in [9.17, 15) is 49.6 Å². The molecular weight excluding hydrogens is 650 g/mol. The first-order chi connectivity index (χ1) is 21.8. The van der Waals surface area contributed by atoms with Crippen LogP contribution in [0.1, 0.15) is 22.0 Å². The number of benzene rings is 2. The molecule has 1 unspecified atom stereocenters. The number of hydrogen-bond acceptors (Lipinski definition) is 15. The number of aromatic hydroxyl groups is 1. The fourth-order valence-electron chi connectivity index (χ4n) is 4.83. The second-order valence-corrected chi connectivity index (χ2v) is 11.8. The second kappa shape index (κ2) is 12.5. The van der Waals surface area contributed by atoms with Crippen molar-refractivity contribution in [1.82, 2.24) is 30.0 Å². The minimum Gasteiger partial charge on any atom is -0.502 e. The van der Waals surface area contributed by atoms with Crippen molar-refractivity contribution in [2.24, 2.45) is 12.8 Å². The van der Waals surface area contributed by atoms with Crippen molar-refractivity contribution in [3.05, 3.63) is 85.1 Å². The molecule has 0 radical (unpaired) electrons. The number of β-lactam (4-membered cyclic amide) rings is 1. The Balaban J connectivity index is 1.56. The number of carboxylic acids is 1. The summed E-state index contributed by atoms with van der Waals surface area (Å²) < 4.78 is 1.37. The lowest BCUT2D eigenvalue weighted by Gasteiger charge is -2.52. The Labute approximate surface area is 265 Å². The van der Waals surface area contributed by atoms with Gasteiger partial charge in [0, 0.05) is 24.6 Å². The molecule has 0 spiro atoms. The number of aryl methyl sites for hydroxylation is 1. The molecule has 5 rings (SSSR count). The highest BCUT2D eigenvalue weighted by Gasteiger charge is 2.59. The number of nitrogens with zero attached hydrogens (tertiary/aromatic N) is 8. The average Bonchev–Trinajstić information content (AvgIpc) is 3.45. The third-order valence-corrected chi connectivity index (χ3v) is 9.47. The average molecular weight is 672 g/mol. The lowest BCUT2D eigenvalue weighted by atomic mass is 9.97. The van der Waals surface area contributed by atoms with E-state index >= 15 is 0 Å². The van der Waals surface area contributed by atoms with Crippen LogP contribution in [-0.2, 0) is 21.4 Å². The number of imide groups is 1. The number of phenols is 1. The topological polar surface area (TPSA) is 271 Å². The van der Waals surface area contributed by atoms with Crippen LogP contribution in [0, 0.1) is 20.2 Å². The Morgan fingerprint density at radius 3 is 2.48 bits per heavy atom. The second-order valence-electron chi connectivity index (χ2n) is 9.76. The van der Waals surface area contributed by atoms with Crippen LogP contribution in [-0.4, -0.2) is 96.7 Å². The number of tetrazole rings is 1. The van der Waals surface area contributed by atoms with Crippen molar-refractivity contribution >= 4 is 58.6 Å². The molecule has 3 atom stereocenters. The first-order valence-corrected chi connectivity index (χ1v) is 15.0. The fraction of sp³-hybridized carbons (Fsp3) is 0.240. The summed E-state index contributed by atoms with van der Waals surface area (Å²) in [5.74, 6) is -6.29. The third-order valence-electron chi connectivity index (χ3n) is 7.05. The highest BCUT2D eigenvalue weighted by molar-refractivity contribution is 8.01. The molecule has 19 nitrogen and oxygen atoms in total. The number of aromatic nitrogens is 4. The van der Waals surface area contributed by atoms with Gasteiger partial charge in [-0.15, -0.1) is 16.9 Å². The Morgan fingerprint density at radius 1 is 1.20 bits per heavy atom. The zero-order valence-corrected chi connectivity index (χ0v) is 25.0. The van der Waals surface area contributed by atoms with Crippen molar-refractivity contribution in [2.75, 3.05) is 11.5 Å². The van der Waals surface area contributed by atoms with Gasteiger partial charge >= 0.3 is 11.7 Å². The first-order valence-electron chi connectivity index (χ1n) is 12.9. The Bertz CT molecular complexity index is 1830. The van der Waals surface area contributed by atoms with Gasteiger partial charge in [-0.05, 0) is 21.6 Å². The van der Waals surface area contributed by atoms with Crippen molar-refractivity contribution in [1.29, 1.82) is 0 Å². The molecule has 3 heterocycles. The number of phenolic OH excluding ortho intramolecular Hbond substituents is 1. The van der Waals surface area contributed by atoms with E-state index in [0.29, 0.717) is 27.8 Å². The molecule has 1 aromatic heterocycles. The van der Waals surface area contributed by atoms with E-state index in [2.05, 4.69) is 15.5 Å². The smallest absolute Gasteiger partial charge is 0.352 e. The summed E-state index contributed by atoms with van der Waals surface area (Å²) in [5, 5.41) is 54.1. The van der Waals surface area contributed by atoms with Gasteiger partial charge in [0.2, 0.25) is 10.9 Å². The number of nitro benzene ring substituents is 2. The first kappa shape index (κ1) is 32.0. The van der Waals surface area contributed by atoms with E-state index in [1.165, 1.54) is 16.8 Å². The highest BCUT2D eigenvalue weighted by Crippen LogP contribution is 2.45. The van der Waals surface area contributed by atoms with Crippen LogP contribution < -0.4 is 5.73 Å². The van der Waals surface area contributed by atoms with Crippen molar-refractivity contribution in [3.63, 3.8) is 0 Å². The number of non-ortho nitro benzene ring substituents is 1. The molecule has 0 saturated carbocycles. The molecule has 46 heavy (non-hydrogen) atoms. The Hall–Kier alpha value is -5.41. The van der Waals surface area contributed by atoms with Gasteiger partial charge in [-0.1, -0.05) is 42.1 Å². The van der Waals surface area contributed by atoms with Gasteiger partial charge in [0.05, 0.1) is 21.5 Å². The molecule has 1 fully saturated rings. The number of hydrogen-bond donors (Lipinski definition) is 3. The molecule has 3 amide bonds. The van der Waals surface area contributed by atoms with Gasteiger partial charge < -0.3 is 15.9 Å². The molecule has 238 valence electrons. The summed E-state index contributed by atoms with van der Waals surface area (Å²) in [5.41, 5.74) is 3.20. The summed E-state index contributed by atoms with van der Waals surface area (Å²) in [4.78, 5) is 76.2. The van der Waals surface area contributed by atoms with E-state index < -0.39 is 73.7 Å². The lowest BCUT2D eigenvalue weighted by molar-refractivity contribution is -0.394. The summed E-state index contributed by atoms with van der Waals surface area (Å²) >= 11 is 2.14. The van der Waals surface area contributed by atoms with Crippen LogP contribution in [0.2, 0.25) is 0 Å². The third kappa shape index (κ3) is 5.61. The number of fused-ring (bicyclic) bond motifs is 1. The van der Waals surface area contributed by atoms with Crippen LogP contribution in [0.25, 0.3) is 0 Å². The number of amides is 3. The van der Waals surface area contributed by atoms with E-state index in [4.69, 9.17) is 5.73 Å². The summed E-state index contributed by atoms with van der Waals surface area (Å²) in [6, 6.07) is 5.37. The molecule has 4 N–H and O–H groups in total. The van der Waals surface area contributed by atoms with Gasteiger partial charge in [-0.3, -0.25) is 44.4 Å². The van der Waals surface area contributed by atoms with Crippen LogP contribution in [0.5, 0.6) is 5.75 Å². The van der Waals surface area contributed by atoms with Gasteiger partial charge in [0.1, 0.15) is 23.2 Å². The van der Waals surface area contributed by atoms with Crippen LogP contribution in [0.4, 0.5) is 11.4 Å². The maximum Gasteiger partial charge on any atom is 0.352 e. The molecule has 21 heteroatoms. The van der Waals surface area contributed by atoms with Crippen LogP contribution in [0.3, 0.4) is 0 Å². The molecule has 2 aliphatic heterocycles. The van der Waals surface area contributed by atoms with E-state index in [-0.39, 0.29) is 22.8 Å². The van der Waals surface area contributed by atoms with Crippen molar-refractivity contribution in [3.8, 4) is 5.75 Å². The predicted octanol–water partition coefficient (Wildman–Crippen LogP) is 0.816. The maximum absolute atomic E-state index is 14.0. The lowest BCUT2D eigenvalue weighted by Crippen LogP contribution is -2.72. The zero-order valence-electron chi connectivity index (χ0n) is 23.3. The number of carbonyl (C=O) groups is 4. The molecule has 3 aromatic rings. The monoisotopic (exact) mass is 671 g/mol. The number of aliphatic carboxylic acids is 1. The Kier molecular flexibility index (Phi) is 8.72. The van der Waals surface area contributed by atoms with Gasteiger partial charge in [0.15, 0.2) is 0 Å². The quantitative estimate of drug-likeness (QED) is 0.116. The minimum atomic E-state index is -1.69. The van der Waals surface area contributed by atoms with Gasteiger partial charge in [0.25, 0.3) is 23.4 Å². The van der Waals surface area contributed by atoms with E-state index in [0.717, 1.165) is 28.4 Å². The largest absolute Gasteiger partial charge is 0.502 e. The molecule has 0 aliphatic carbocycles. The fourth-order valence-corrected chi connectivity index (χ4v) is 7.21. The standard InChI is InChI=1S/C25H21N9O10S2/c1-30-25(27-28-29-30)46-10-12-9-45-23-18(22(38)32(23)17(12)24(39)40)31(21(37)16(26)11-5-3-2-4-6-11)20(36)14-7-13(33(41)42)8-15(19(14)35)34(43)44/h2-8,16,18,23,35H,9-10,26H2,1H3,(H,39,40)/t16-,18?,23-/m1/s1. The van der Waals surface area contributed by atoms with E-state index in [1.807, 2.05) is 0 Å². The molecule has 1 saturated heterocycles. The summed E-state index contributed by atoms with van der Waals surface area (Å²) in [6.07, 6.45) is 0. The Morgan fingerprint density at radius 2 is 1.89 bits per heavy atom. The predicted molar refractivity (Wildman–Crippen MR) is 157 cm³/mol. The maximum atomic E-state index is 14.0. The van der Waals surface area contributed by atoms with Gasteiger partial charge in [-0.25, -0.2) is 9.48 Å². The van der Waals surface area contributed by atoms with Crippen molar-refractivity contribution in [2.45, 2.75) is 22.6 Å². The van der Waals surface area contributed by atoms with Crippen molar-refractivity contribution < 1.29 is 39.2 Å². The summed E-state index contributed by atoms with van der Waals surface area (Å²) in [6.45, 7) is 0. The number of carboxylic acid groups (broad SMARTS) is 1. The number of thioether (sulfide) groups is 2. The van der Waals surface area contributed by atoms with Crippen LogP contribution >= 0.6 is 23.5 Å². The van der Waals surface area contributed by atoms with Crippen LogP contribution in [0.15, 0.2) is 58.9 Å². The number of carbonyl (C=O) groups excluding carboxylic acids is 3. The molecule has 2 aliphatic rings. The molecule has 2 aromatic carbocycles. The number of rotatable bonds is 10. The molecule has 0 bridgehead atoms. The normalized spacial score (nSPS) is 18.0. The number of nitrogens with two attached hydrogens (primary N) is 1. The van der Waals surface area contributed by atoms with E-state index in [1.54, 1.807) is 25.2 Å². The zero-order chi connectivity index (χ0) is 33.4. The number of nitro groups is 2. The summed E-state index contributed by atoms with van der Waals surface area (Å²) in [7, 11) is 1.58. The SMILES string of the molecule is Cn1nnnc1SCC1=C(C(=O)O)N2C(=O)C(N(C(=O)c3cc([N+](=O)[O-])cc([N+](=O)[O-])c3O)C(=O)[C@H](N)c3ccccc3)[C@H]2SC1.